The van der Waals surface area contributed by atoms with Crippen LogP contribution in [-0.2, 0) is 41.8 Å². The van der Waals surface area contributed by atoms with Gasteiger partial charge >= 0.3 is 7.12 Å². The number of benzene rings is 2. The Morgan fingerprint density at radius 1 is 0.484 bits per heavy atom. The van der Waals surface area contributed by atoms with E-state index in [1.807, 2.05) is 110 Å². The number of likely N-dealkylation sites (tertiary alicyclic amines) is 4. The van der Waals surface area contributed by atoms with Crippen molar-refractivity contribution in [2.45, 2.75) is 235 Å². The first-order valence-electron chi connectivity index (χ1n) is 43.9. The number of aryl methyl sites for hydroxylation is 2. The first-order valence-corrected chi connectivity index (χ1v) is 45.1. The number of anilines is 1. The molecule has 0 spiro atoms. The third kappa shape index (κ3) is 25.8. The molecule has 0 atom stereocenters. The predicted molar refractivity (Wildman–Crippen MR) is 499 cm³/mol. The van der Waals surface area contributed by atoms with E-state index in [1.165, 1.54) is 90.2 Å². The normalized spacial score (nSPS) is 17.3. The monoisotopic (exact) mass is 1740 g/mol. The Kier molecular flexibility index (Phi) is 33.3. The average Bonchev–Trinajstić information content (AvgIpc) is 1.61. The molecule has 5 saturated heterocycles. The van der Waals surface area contributed by atoms with Crippen LogP contribution in [0.4, 0.5) is 5.82 Å². The number of nitrogens with two attached hydrogens (primary N) is 1. The molecule has 5 fully saturated rings. The molecule has 30 heteroatoms. The van der Waals surface area contributed by atoms with E-state index < -0.39 is 7.12 Å². The Hall–Kier alpha value is -9.13. The minimum atomic E-state index is -0.425. The van der Waals surface area contributed by atoms with Crippen molar-refractivity contribution in [2.24, 2.45) is 22.6 Å². The van der Waals surface area contributed by atoms with Crippen LogP contribution in [0.5, 0.6) is 11.5 Å². The lowest BCUT2D eigenvalue weighted by atomic mass is 9.80. The van der Waals surface area contributed by atoms with Crippen LogP contribution in [0.3, 0.4) is 0 Å². The third-order valence-corrected chi connectivity index (χ3v) is 25.3. The van der Waals surface area contributed by atoms with Crippen molar-refractivity contribution in [3.63, 3.8) is 0 Å². The zero-order valence-electron chi connectivity index (χ0n) is 75.5. The van der Waals surface area contributed by atoms with Crippen LogP contribution in [0.25, 0.3) is 44.6 Å². The zero-order chi connectivity index (χ0) is 88.4. The third-order valence-electron chi connectivity index (χ3n) is 24.7. The van der Waals surface area contributed by atoms with Crippen LogP contribution in [0.1, 0.15) is 187 Å². The highest BCUT2D eigenvalue weighted by Crippen LogP contribution is 2.37. The van der Waals surface area contributed by atoms with Gasteiger partial charge in [-0.3, -0.25) is 29.9 Å². The van der Waals surface area contributed by atoms with Gasteiger partial charge in [-0.2, -0.15) is 10.2 Å². The SMILES string of the molecule is CC(C)N1CCC(N)CC1.CC(C)N1CCC(Nc2cncc(Cl)n2)CC1.CC1=NCc2ncc(-c3cncc(CC4CCN(C(C)C)CC4)n3)cc21.COc1ccc(Cn2nc(C)c3cc(-c4cncc(CC5CCN(C(C)C)CC5)n4)cnc32)cc1.COc1ccc(Cn2nc(C)c3cc(B4OC(C)(C)C(C)(C)O4)cnc32)cc1.Clc1cncc(Cl)n1. The summed E-state index contributed by atoms with van der Waals surface area (Å²) in [5.41, 5.74) is 21.1. The number of fused-ring (bicyclic) bond motifs is 3. The number of pyridine rings is 3. The molecule has 0 radical (unpaired) electrons. The molecule has 0 amide bonds. The maximum Gasteiger partial charge on any atom is 0.496 e. The van der Waals surface area contributed by atoms with E-state index in [4.69, 9.17) is 84.5 Å². The highest BCUT2D eigenvalue weighted by molar-refractivity contribution is 6.62. The summed E-state index contributed by atoms with van der Waals surface area (Å²) in [4.78, 5) is 63.0. The van der Waals surface area contributed by atoms with E-state index in [0.29, 0.717) is 83.2 Å². The lowest BCUT2D eigenvalue weighted by Crippen LogP contribution is -2.42. The van der Waals surface area contributed by atoms with Gasteiger partial charge in [-0.05, 0) is 273 Å². The number of aliphatic imine (C=N–C) groups is 1. The minimum absolute atomic E-state index is 0.317. The van der Waals surface area contributed by atoms with Gasteiger partial charge in [-0.25, -0.2) is 39.3 Å². The van der Waals surface area contributed by atoms with Crippen LogP contribution in [-0.4, -0.2) is 221 Å². The largest absolute Gasteiger partial charge is 0.497 e. The molecule has 6 aliphatic rings. The van der Waals surface area contributed by atoms with Gasteiger partial charge in [0.1, 0.15) is 32.8 Å². The molecule has 0 bridgehead atoms. The number of methoxy groups -OCH3 is 2. The number of nitrogens with zero attached hydrogens (tertiary/aromatic N) is 20. The molecular weight excluding hydrogens is 1620 g/mol. The number of halogens is 3. The van der Waals surface area contributed by atoms with Gasteiger partial charge in [0.2, 0.25) is 0 Å². The summed E-state index contributed by atoms with van der Waals surface area (Å²) in [7, 11) is 2.92. The molecule has 2 aromatic carbocycles. The maximum atomic E-state index is 6.16. The van der Waals surface area contributed by atoms with Crippen molar-refractivity contribution < 1.29 is 18.8 Å². The van der Waals surface area contributed by atoms with Crippen LogP contribution >= 0.6 is 34.8 Å². The molecule has 17 rings (SSSR count). The molecule has 0 aliphatic carbocycles. The Morgan fingerprint density at radius 3 is 1.34 bits per heavy atom. The number of nitrogens with one attached hydrogen (secondary N) is 1. The predicted octanol–water partition coefficient (Wildman–Crippen LogP) is 16.6. The molecule has 3 N–H and O–H groups in total. The van der Waals surface area contributed by atoms with Crippen LogP contribution in [0.15, 0.2) is 140 Å². The highest BCUT2D eigenvalue weighted by Gasteiger charge is 2.52. The zero-order valence-corrected chi connectivity index (χ0v) is 77.8. The quantitative estimate of drug-likeness (QED) is 0.0712. The second-order valence-electron chi connectivity index (χ2n) is 35.4. The second kappa shape index (κ2) is 43.9. The number of rotatable bonds is 19. The molecule has 124 heavy (non-hydrogen) atoms. The van der Waals surface area contributed by atoms with Crippen LogP contribution in [0, 0.1) is 25.7 Å². The smallest absolute Gasteiger partial charge is 0.496 e. The Bertz CT molecular complexity index is 5240. The van der Waals surface area contributed by atoms with Gasteiger partial charge in [-0.15, -0.1) is 0 Å². The summed E-state index contributed by atoms with van der Waals surface area (Å²) in [6.07, 6.45) is 30.9. The van der Waals surface area contributed by atoms with E-state index >= 15 is 0 Å². The van der Waals surface area contributed by atoms with Crippen LogP contribution < -0.4 is 26.0 Å². The Balaban J connectivity index is 0.000000144. The van der Waals surface area contributed by atoms with Crippen molar-refractivity contribution in [1.29, 1.82) is 0 Å². The first kappa shape index (κ1) is 94.0. The molecule has 26 nitrogen and oxygen atoms in total. The van der Waals surface area contributed by atoms with Crippen molar-refractivity contribution in [1.82, 2.24) is 94.0 Å². The number of piperidine rings is 4. The number of hydrogen-bond donors (Lipinski definition) is 2. The number of ether oxygens (including phenoxy) is 2. The fraction of sp³-hybridized carbons (Fsp3) is 0.511. The fourth-order valence-electron chi connectivity index (χ4n) is 16.2. The van der Waals surface area contributed by atoms with Crippen molar-refractivity contribution in [3.8, 4) is 34.0 Å². The Labute approximate surface area is 748 Å². The van der Waals surface area contributed by atoms with Gasteiger partial charge in [0.05, 0.1) is 122 Å². The maximum absolute atomic E-state index is 6.16. The summed E-state index contributed by atoms with van der Waals surface area (Å²) in [5, 5.41) is 16.0. The summed E-state index contributed by atoms with van der Waals surface area (Å²) in [6, 6.07) is 26.0. The van der Waals surface area contributed by atoms with E-state index in [2.05, 4.69) is 183 Å². The van der Waals surface area contributed by atoms with Gasteiger partial charge in [-0.1, -0.05) is 59.1 Å². The molecule has 15 heterocycles. The molecule has 660 valence electrons. The van der Waals surface area contributed by atoms with E-state index in [9.17, 15) is 0 Å². The first-order chi connectivity index (χ1) is 59.4. The lowest BCUT2D eigenvalue weighted by Gasteiger charge is -2.35. The van der Waals surface area contributed by atoms with Crippen molar-refractivity contribution >= 4 is 81.0 Å². The lowest BCUT2D eigenvalue weighted by molar-refractivity contribution is 0.00578. The van der Waals surface area contributed by atoms with Crippen molar-refractivity contribution in [2.75, 3.05) is 71.9 Å². The fourth-order valence-corrected chi connectivity index (χ4v) is 16.7. The summed E-state index contributed by atoms with van der Waals surface area (Å²) >= 11 is 16.6. The molecular formula is C94H126BCl3N22O4. The van der Waals surface area contributed by atoms with Gasteiger partial charge < -0.3 is 49.4 Å². The summed E-state index contributed by atoms with van der Waals surface area (Å²) < 4.78 is 26.7. The van der Waals surface area contributed by atoms with E-state index in [1.54, 1.807) is 26.6 Å². The topological polar surface area (TPSA) is 278 Å². The summed E-state index contributed by atoms with van der Waals surface area (Å²) in [6.45, 7) is 43.8. The van der Waals surface area contributed by atoms with E-state index in [-0.39, 0.29) is 11.2 Å². The number of aromatic nitrogens is 15. The van der Waals surface area contributed by atoms with Gasteiger partial charge in [0.15, 0.2) is 11.3 Å². The Morgan fingerprint density at radius 2 is 0.895 bits per heavy atom. The average molecular weight is 1750 g/mol. The second-order valence-corrected chi connectivity index (χ2v) is 36.5. The highest BCUT2D eigenvalue weighted by atomic mass is 35.5. The van der Waals surface area contributed by atoms with E-state index in [0.717, 1.165) is 157 Å². The molecule has 0 unspecified atom stereocenters. The summed E-state index contributed by atoms with van der Waals surface area (Å²) in [5.74, 6) is 3.86. The molecule has 11 aromatic rings. The minimum Gasteiger partial charge on any atom is -0.497 e. The van der Waals surface area contributed by atoms with Crippen molar-refractivity contribution in [3.05, 3.63) is 196 Å². The van der Waals surface area contributed by atoms with Gasteiger partial charge in [0, 0.05) is 119 Å². The molecule has 9 aromatic heterocycles. The number of hydrogen-bond acceptors (Lipinski definition) is 24. The van der Waals surface area contributed by atoms with Crippen LogP contribution in [0.2, 0.25) is 15.5 Å². The molecule has 0 saturated carbocycles. The van der Waals surface area contributed by atoms with Gasteiger partial charge in [0.25, 0.3) is 0 Å². The standard InChI is InChI=1S/C28H34N6O.C21H26BN3O3.C21H27N5.C12H19ClN4.C8H18N2.C4H2Cl2N2/c1-19(2)33-11-9-21(10-12-33)13-24-16-29-17-27(31-24)23-14-26-20(3)32-34(28(26)30-15-23)18-22-5-7-25(35-4)8-6-22;1-14-18-11-16(22-27-20(2,3)21(4,5)28-22)12-23-19(18)25(24-14)13-15-7-9-17(26-6)10-8-15;1-14(2)26-6-4-16(5-7-26)8-18-11-22-12-20(25-18)17-9-19-15(3)23-13-21(19)24-10-17;1-9(2)17-5-3-10(4-6-17)15-12-8-14-7-11(13)16-12;1-7(2)10-5-3-8(9)4-6-10;5-3-1-7-2-4(6)8-3/h5-8,14-17,19,21H,9-13,18H2,1-4H3;7-12H,13H2,1-6H3;9-12,14,16H,4-8,13H2,1-3H3;7-10H,3-6H2,1-2H3,(H,15,16);7-8H,3-6,9H2,1-2H3;1-2H. The molecule has 6 aliphatic heterocycles.